The van der Waals surface area contributed by atoms with Gasteiger partial charge in [0, 0.05) is 32.1 Å². The van der Waals surface area contributed by atoms with E-state index in [2.05, 4.69) is 42.3 Å². The SMILES string of the molecule is CC(C)COc1cccc(CN2CCCCC2CNC(=O)CCN)c1.Cl. The number of ether oxygens (including phenoxy) is 1. The van der Waals surface area contributed by atoms with Crippen LogP contribution >= 0.6 is 12.4 Å². The molecule has 0 aromatic heterocycles. The predicted molar refractivity (Wildman–Crippen MR) is 109 cm³/mol. The van der Waals surface area contributed by atoms with E-state index >= 15 is 0 Å². The van der Waals surface area contributed by atoms with Crippen molar-refractivity contribution in [2.24, 2.45) is 11.7 Å². The molecule has 3 N–H and O–H groups in total. The van der Waals surface area contributed by atoms with Gasteiger partial charge in [0.05, 0.1) is 6.61 Å². The fraction of sp³-hybridized carbons (Fsp3) is 0.650. The minimum atomic E-state index is 0. The third kappa shape index (κ3) is 7.94. The maximum atomic E-state index is 11.7. The van der Waals surface area contributed by atoms with E-state index in [0.29, 0.717) is 31.5 Å². The standard InChI is InChI=1S/C20H33N3O2.ClH/c1-16(2)15-25-19-8-5-6-17(12-19)14-23-11-4-3-7-18(23)13-22-20(24)9-10-21;/h5-6,8,12,16,18H,3-4,7,9-11,13-15,21H2,1-2H3,(H,22,24);1H. The van der Waals surface area contributed by atoms with Crippen LogP contribution in [-0.2, 0) is 11.3 Å². The molecule has 1 aliphatic heterocycles. The van der Waals surface area contributed by atoms with Crippen molar-refractivity contribution in [3.63, 3.8) is 0 Å². The van der Waals surface area contributed by atoms with E-state index in [1.807, 2.05) is 6.07 Å². The second-order valence-corrected chi connectivity index (χ2v) is 7.32. The molecule has 148 valence electrons. The summed E-state index contributed by atoms with van der Waals surface area (Å²) in [5, 5.41) is 3.03. The summed E-state index contributed by atoms with van der Waals surface area (Å²) in [5.74, 6) is 1.51. The molecule has 2 rings (SSSR count). The number of rotatable bonds is 9. The highest BCUT2D eigenvalue weighted by atomic mass is 35.5. The van der Waals surface area contributed by atoms with Gasteiger partial charge in [-0.05, 0) is 43.0 Å². The molecule has 0 bridgehead atoms. The zero-order chi connectivity index (χ0) is 18.1. The lowest BCUT2D eigenvalue weighted by Crippen LogP contribution is -2.46. The number of halogens is 1. The van der Waals surface area contributed by atoms with Crippen molar-refractivity contribution in [2.45, 2.75) is 52.1 Å². The maximum Gasteiger partial charge on any atom is 0.221 e. The maximum absolute atomic E-state index is 11.7. The number of hydrogen-bond acceptors (Lipinski definition) is 4. The zero-order valence-electron chi connectivity index (χ0n) is 16.1. The predicted octanol–water partition coefficient (Wildman–Crippen LogP) is 2.96. The fourth-order valence-corrected chi connectivity index (χ4v) is 3.18. The van der Waals surface area contributed by atoms with Crippen LogP contribution in [0.25, 0.3) is 0 Å². The van der Waals surface area contributed by atoms with Gasteiger partial charge in [0.15, 0.2) is 0 Å². The Hall–Kier alpha value is -1.30. The molecule has 0 radical (unpaired) electrons. The van der Waals surface area contributed by atoms with Crippen molar-refractivity contribution in [1.29, 1.82) is 0 Å². The Morgan fingerprint density at radius 1 is 1.38 bits per heavy atom. The summed E-state index contributed by atoms with van der Waals surface area (Å²) in [6, 6.07) is 8.78. The van der Waals surface area contributed by atoms with Crippen LogP contribution < -0.4 is 15.8 Å². The Balaban J connectivity index is 0.00000338. The minimum Gasteiger partial charge on any atom is -0.493 e. The van der Waals surface area contributed by atoms with Gasteiger partial charge in [-0.15, -0.1) is 12.4 Å². The van der Waals surface area contributed by atoms with Crippen LogP contribution in [-0.4, -0.2) is 43.1 Å². The second-order valence-electron chi connectivity index (χ2n) is 7.32. The van der Waals surface area contributed by atoms with E-state index in [1.54, 1.807) is 0 Å². The van der Waals surface area contributed by atoms with Crippen molar-refractivity contribution in [3.8, 4) is 5.75 Å². The van der Waals surface area contributed by atoms with E-state index < -0.39 is 0 Å². The largest absolute Gasteiger partial charge is 0.493 e. The van der Waals surface area contributed by atoms with E-state index in [9.17, 15) is 4.79 Å². The quantitative estimate of drug-likeness (QED) is 0.687. The first kappa shape index (κ1) is 22.7. The van der Waals surface area contributed by atoms with Gasteiger partial charge in [-0.2, -0.15) is 0 Å². The van der Waals surface area contributed by atoms with Crippen LogP contribution in [0.3, 0.4) is 0 Å². The van der Waals surface area contributed by atoms with Crippen LogP contribution in [0.5, 0.6) is 5.75 Å². The lowest BCUT2D eigenvalue weighted by molar-refractivity contribution is -0.121. The summed E-state index contributed by atoms with van der Waals surface area (Å²) in [6.45, 7) is 8.14. The van der Waals surface area contributed by atoms with Gasteiger partial charge in [0.25, 0.3) is 0 Å². The second kappa shape index (κ2) is 12.2. The van der Waals surface area contributed by atoms with Crippen molar-refractivity contribution in [3.05, 3.63) is 29.8 Å². The normalized spacial score (nSPS) is 17.6. The molecule has 1 fully saturated rings. The third-order valence-electron chi connectivity index (χ3n) is 4.52. The number of amides is 1. The third-order valence-corrected chi connectivity index (χ3v) is 4.52. The molecule has 5 nitrogen and oxygen atoms in total. The van der Waals surface area contributed by atoms with Crippen molar-refractivity contribution in [2.75, 3.05) is 26.2 Å². The summed E-state index contributed by atoms with van der Waals surface area (Å²) >= 11 is 0. The molecule has 0 spiro atoms. The highest BCUT2D eigenvalue weighted by molar-refractivity contribution is 5.85. The monoisotopic (exact) mass is 383 g/mol. The fourth-order valence-electron chi connectivity index (χ4n) is 3.18. The van der Waals surface area contributed by atoms with Crippen molar-refractivity contribution in [1.82, 2.24) is 10.2 Å². The number of benzene rings is 1. The molecular formula is C20H34ClN3O2. The first-order chi connectivity index (χ1) is 12.1. The first-order valence-electron chi connectivity index (χ1n) is 9.51. The molecule has 6 heteroatoms. The summed E-state index contributed by atoms with van der Waals surface area (Å²) in [5.41, 5.74) is 6.71. The van der Waals surface area contributed by atoms with E-state index in [-0.39, 0.29) is 18.3 Å². The Bertz CT molecular complexity index is 540. The Kier molecular flexibility index (Phi) is 10.6. The minimum absolute atomic E-state index is 0. The Morgan fingerprint density at radius 3 is 2.92 bits per heavy atom. The molecule has 1 heterocycles. The molecule has 1 amide bonds. The Morgan fingerprint density at radius 2 is 2.19 bits per heavy atom. The zero-order valence-corrected chi connectivity index (χ0v) is 16.9. The lowest BCUT2D eigenvalue weighted by atomic mass is 10.0. The number of carbonyl (C=O) groups is 1. The number of likely N-dealkylation sites (tertiary alicyclic amines) is 1. The number of nitrogens with one attached hydrogen (secondary N) is 1. The lowest BCUT2D eigenvalue weighted by Gasteiger charge is -2.36. The first-order valence-corrected chi connectivity index (χ1v) is 9.51. The Labute approximate surface area is 164 Å². The number of piperidine rings is 1. The van der Waals surface area contributed by atoms with Crippen LogP contribution in [0, 0.1) is 5.92 Å². The van der Waals surface area contributed by atoms with E-state index in [0.717, 1.165) is 31.9 Å². The summed E-state index contributed by atoms with van der Waals surface area (Å²) in [4.78, 5) is 14.2. The van der Waals surface area contributed by atoms with Gasteiger partial charge in [0.1, 0.15) is 5.75 Å². The van der Waals surface area contributed by atoms with Gasteiger partial charge in [-0.3, -0.25) is 9.69 Å². The average molecular weight is 384 g/mol. The molecule has 1 saturated heterocycles. The van der Waals surface area contributed by atoms with Gasteiger partial charge >= 0.3 is 0 Å². The van der Waals surface area contributed by atoms with Gasteiger partial charge in [-0.1, -0.05) is 32.4 Å². The topological polar surface area (TPSA) is 67.6 Å². The molecule has 0 aliphatic carbocycles. The van der Waals surface area contributed by atoms with Crippen molar-refractivity contribution < 1.29 is 9.53 Å². The molecule has 1 aromatic carbocycles. The summed E-state index contributed by atoms with van der Waals surface area (Å²) < 4.78 is 5.84. The molecule has 1 aliphatic rings. The number of nitrogens with two attached hydrogens (primary N) is 1. The smallest absolute Gasteiger partial charge is 0.221 e. The van der Waals surface area contributed by atoms with Crippen LogP contribution in [0.4, 0.5) is 0 Å². The molecule has 26 heavy (non-hydrogen) atoms. The summed E-state index contributed by atoms with van der Waals surface area (Å²) in [6.07, 6.45) is 3.98. The average Bonchev–Trinajstić information content (AvgIpc) is 2.60. The number of carbonyl (C=O) groups excluding carboxylic acids is 1. The molecule has 1 unspecified atom stereocenters. The van der Waals surface area contributed by atoms with Crippen molar-refractivity contribution >= 4 is 18.3 Å². The number of nitrogens with zero attached hydrogens (tertiary/aromatic N) is 1. The number of hydrogen-bond donors (Lipinski definition) is 2. The summed E-state index contributed by atoms with van der Waals surface area (Å²) in [7, 11) is 0. The van der Waals surface area contributed by atoms with Gasteiger partial charge in [0.2, 0.25) is 5.91 Å². The van der Waals surface area contributed by atoms with Gasteiger partial charge < -0.3 is 15.8 Å². The highest BCUT2D eigenvalue weighted by Crippen LogP contribution is 2.21. The van der Waals surface area contributed by atoms with Crippen LogP contribution in [0.15, 0.2) is 24.3 Å². The van der Waals surface area contributed by atoms with Gasteiger partial charge in [-0.25, -0.2) is 0 Å². The molecule has 0 saturated carbocycles. The van der Waals surface area contributed by atoms with E-state index in [4.69, 9.17) is 10.5 Å². The molecular weight excluding hydrogens is 350 g/mol. The highest BCUT2D eigenvalue weighted by Gasteiger charge is 2.22. The molecule has 1 atom stereocenters. The van der Waals surface area contributed by atoms with Crippen LogP contribution in [0.1, 0.15) is 45.1 Å². The van der Waals surface area contributed by atoms with E-state index in [1.165, 1.54) is 18.4 Å². The van der Waals surface area contributed by atoms with Crippen LogP contribution in [0.2, 0.25) is 0 Å². The molecule has 1 aromatic rings.